The average Bonchev–Trinajstić information content (AvgIpc) is 3.73. The average molecular weight is 679 g/mol. The van der Waals surface area contributed by atoms with Crippen molar-refractivity contribution >= 4 is 38.7 Å². The van der Waals surface area contributed by atoms with Crippen molar-refractivity contribution in [2.24, 2.45) is 0 Å². The van der Waals surface area contributed by atoms with Gasteiger partial charge in [0.2, 0.25) is 0 Å². The van der Waals surface area contributed by atoms with E-state index in [-0.39, 0.29) is 5.41 Å². The van der Waals surface area contributed by atoms with Gasteiger partial charge < -0.3 is 9.88 Å². The number of hydrogen-bond acceptors (Lipinski definition) is 1. The molecule has 10 rings (SSSR count). The molecular weight excluding hydrogens is 641 g/mol. The number of aromatic nitrogens is 1. The van der Waals surface area contributed by atoms with Gasteiger partial charge in [-0.2, -0.15) is 0 Å². The van der Waals surface area contributed by atoms with Crippen LogP contribution in [0.15, 0.2) is 188 Å². The Morgan fingerprint density at radius 3 is 1.45 bits per heavy atom. The minimum absolute atomic E-state index is 0.129. The van der Waals surface area contributed by atoms with Crippen molar-refractivity contribution < 1.29 is 0 Å². The largest absolute Gasteiger partial charge is 0.354 e. The minimum atomic E-state index is -0.129. The summed E-state index contributed by atoms with van der Waals surface area (Å²) >= 11 is 0. The summed E-state index contributed by atoms with van der Waals surface area (Å²) in [6.07, 6.45) is 0. The molecule has 1 aliphatic carbocycles. The molecule has 1 aliphatic rings. The van der Waals surface area contributed by atoms with Crippen molar-refractivity contribution in [3.05, 3.63) is 199 Å². The zero-order chi connectivity index (χ0) is 35.5. The Morgan fingerprint density at radius 1 is 0.415 bits per heavy atom. The van der Waals surface area contributed by atoms with Gasteiger partial charge in [0.25, 0.3) is 0 Å². The fourth-order valence-electron chi connectivity index (χ4n) is 8.50. The zero-order valence-electron chi connectivity index (χ0n) is 29.8. The third-order valence-electron chi connectivity index (χ3n) is 11.2. The summed E-state index contributed by atoms with van der Waals surface area (Å²) < 4.78 is 0. The molecule has 1 heterocycles. The number of hydrogen-bond donors (Lipinski definition) is 1. The molecule has 0 spiro atoms. The van der Waals surface area contributed by atoms with Gasteiger partial charge in [0, 0.05) is 38.8 Å². The SMILES string of the molecule is CC1(C)c2cc(-c3ccc(N(c4ccc(-c5ccccc5)cc4)c4ccc(-c5ccccc5)cc4)cc3)ccc2-c2[nH]c3c(ccc4ccccc43)c21. The topological polar surface area (TPSA) is 19.0 Å². The van der Waals surface area contributed by atoms with Crippen molar-refractivity contribution in [3.63, 3.8) is 0 Å². The van der Waals surface area contributed by atoms with Crippen molar-refractivity contribution in [1.82, 2.24) is 4.98 Å². The molecule has 1 N–H and O–H groups in total. The molecule has 252 valence electrons. The van der Waals surface area contributed by atoms with Gasteiger partial charge in [-0.1, -0.05) is 159 Å². The first-order chi connectivity index (χ1) is 26.0. The van der Waals surface area contributed by atoms with Gasteiger partial charge in [-0.05, 0) is 92.4 Å². The first kappa shape index (κ1) is 31.1. The summed E-state index contributed by atoms with van der Waals surface area (Å²) in [5.74, 6) is 0. The fourth-order valence-corrected chi connectivity index (χ4v) is 8.50. The lowest BCUT2D eigenvalue weighted by Crippen LogP contribution is -2.15. The Labute approximate surface area is 310 Å². The van der Waals surface area contributed by atoms with E-state index in [2.05, 4.69) is 212 Å². The molecule has 0 aliphatic heterocycles. The van der Waals surface area contributed by atoms with Gasteiger partial charge in [0.15, 0.2) is 0 Å². The van der Waals surface area contributed by atoms with Crippen molar-refractivity contribution in [1.29, 1.82) is 0 Å². The number of aromatic amines is 1. The highest BCUT2D eigenvalue weighted by atomic mass is 15.1. The predicted octanol–water partition coefficient (Wildman–Crippen LogP) is 14.1. The van der Waals surface area contributed by atoms with Crippen LogP contribution in [-0.2, 0) is 5.41 Å². The highest BCUT2D eigenvalue weighted by molar-refractivity contribution is 6.10. The number of anilines is 3. The van der Waals surface area contributed by atoms with Crippen LogP contribution in [0.3, 0.4) is 0 Å². The maximum absolute atomic E-state index is 3.86. The van der Waals surface area contributed by atoms with E-state index < -0.39 is 0 Å². The van der Waals surface area contributed by atoms with Crippen LogP contribution in [0.4, 0.5) is 17.1 Å². The predicted molar refractivity (Wildman–Crippen MR) is 224 cm³/mol. The van der Waals surface area contributed by atoms with E-state index in [4.69, 9.17) is 0 Å². The number of H-pyrrole nitrogens is 1. The molecule has 0 radical (unpaired) electrons. The summed E-state index contributed by atoms with van der Waals surface area (Å²) in [7, 11) is 0. The van der Waals surface area contributed by atoms with E-state index in [1.165, 1.54) is 77.4 Å². The van der Waals surface area contributed by atoms with Crippen molar-refractivity contribution in [3.8, 4) is 44.6 Å². The fraction of sp³-hybridized carbons (Fsp3) is 0.0588. The molecule has 1 aromatic heterocycles. The smallest absolute Gasteiger partial charge is 0.0541 e. The molecule has 2 heteroatoms. The Morgan fingerprint density at radius 2 is 0.887 bits per heavy atom. The molecular formula is C51H38N2. The van der Waals surface area contributed by atoms with Gasteiger partial charge in [0.1, 0.15) is 0 Å². The van der Waals surface area contributed by atoms with Gasteiger partial charge in [-0.15, -0.1) is 0 Å². The van der Waals surface area contributed by atoms with Crippen LogP contribution < -0.4 is 4.90 Å². The summed E-state index contributed by atoms with van der Waals surface area (Å²) in [5, 5.41) is 3.87. The van der Waals surface area contributed by atoms with E-state index in [1.807, 2.05) is 0 Å². The molecule has 8 aromatic carbocycles. The van der Waals surface area contributed by atoms with Crippen LogP contribution >= 0.6 is 0 Å². The number of nitrogens with one attached hydrogen (secondary N) is 1. The van der Waals surface area contributed by atoms with Crippen molar-refractivity contribution in [2.75, 3.05) is 4.90 Å². The molecule has 53 heavy (non-hydrogen) atoms. The van der Waals surface area contributed by atoms with E-state index in [0.717, 1.165) is 17.1 Å². The molecule has 2 nitrogen and oxygen atoms in total. The van der Waals surface area contributed by atoms with Gasteiger partial charge in [-0.3, -0.25) is 0 Å². The van der Waals surface area contributed by atoms with Crippen molar-refractivity contribution in [2.45, 2.75) is 19.3 Å². The molecule has 0 saturated heterocycles. The lowest BCUT2D eigenvalue weighted by molar-refractivity contribution is 0.667. The lowest BCUT2D eigenvalue weighted by atomic mass is 9.80. The van der Waals surface area contributed by atoms with Crippen LogP contribution in [0.25, 0.3) is 66.3 Å². The maximum atomic E-state index is 3.86. The summed E-state index contributed by atoms with van der Waals surface area (Å²) in [6, 6.07) is 68.2. The van der Waals surface area contributed by atoms with Crippen LogP contribution in [0, 0.1) is 0 Å². The van der Waals surface area contributed by atoms with E-state index in [0.29, 0.717) is 0 Å². The standard InChI is InChI=1S/C51H38N2/c1-51(2)47-33-40(24-31-45(47)50-48(51)46-32-23-39-15-9-10-16-44(39)49(46)52-50)38-21-29-43(30-22-38)53(41-25-17-36(18-26-41)34-11-5-3-6-12-34)42-27-19-37(20-28-42)35-13-7-4-8-14-35/h3-33,52H,1-2H3. The van der Waals surface area contributed by atoms with Gasteiger partial charge >= 0.3 is 0 Å². The molecule has 0 saturated carbocycles. The Balaban J connectivity index is 1.01. The van der Waals surface area contributed by atoms with Crippen LogP contribution in [0.2, 0.25) is 0 Å². The highest BCUT2D eigenvalue weighted by Crippen LogP contribution is 2.53. The monoisotopic (exact) mass is 678 g/mol. The first-order valence-electron chi connectivity index (χ1n) is 18.4. The third kappa shape index (κ3) is 5.18. The third-order valence-corrected chi connectivity index (χ3v) is 11.2. The second kappa shape index (κ2) is 12.3. The number of rotatable bonds is 6. The Bertz CT molecular complexity index is 2670. The molecule has 0 atom stereocenters. The van der Waals surface area contributed by atoms with Crippen LogP contribution in [0.1, 0.15) is 25.0 Å². The lowest BCUT2D eigenvalue weighted by Gasteiger charge is -2.26. The summed E-state index contributed by atoms with van der Waals surface area (Å²) in [5.41, 5.74) is 17.1. The van der Waals surface area contributed by atoms with Crippen LogP contribution in [-0.4, -0.2) is 4.98 Å². The summed E-state index contributed by atoms with van der Waals surface area (Å²) in [4.78, 5) is 6.21. The summed E-state index contributed by atoms with van der Waals surface area (Å²) in [6.45, 7) is 4.74. The molecule has 0 fully saturated rings. The van der Waals surface area contributed by atoms with Gasteiger partial charge in [0.05, 0.1) is 11.2 Å². The highest BCUT2D eigenvalue weighted by Gasteiger charge is 2.39. The van der Waals surface area contributed by atoms with Gasteiger partial charge in [-0.25, -0.2) is 0 Å². The number of benzene rings is 8. The second-order valence-electron chi connectivity index (χ2n) is 14.7. The Hall–Kier alpha value is -6.64. The minimum Gasteiger partial charge on any atom is -0.354 e. The van der Waals surface area contributed by atoms with E-state index in [1.54, 1.807) is 0 Å². The molecule has 9 aromatic rings. The van der Waals surface area contributed by atoms with Crippen LogP contribution in [0.5, 0.6) is 0 Å². The van der Waals surface area contributed by atoms with E-state index >= 15 is 0 Å². The molecule has 0 bridgehead atoms. The van der Waals surface area contributed by atoms with E-state index in [9.17, 15) is 0 Å². The zero-order valence-corrected chi connectivity index (χ0v) is 29.8. The second-order valence-corrected chi connectivity index (χ2v) is 14.7. The molecule has 0 unspecified atom stereocenters. The number of fused-ring (bicyclic) bond motifs is 7. The molecule has 0 amide bonds. The normalized spacial score (nSPS) is 12.9. The maximum Gasteiger partial charge on any atom is 0.0541 e. The number of nitrogens with zero attached hydrogens (tertiary/aromatic N) is 1. The Kier molecular flexibility index (Phi) is 7.19. The first-order valence-corrected chi connectivity index (χ1v) is 18.4. The quantitative estimate of drug-likeness (QED) is 0.185.